The SMILES string of the molecule is C=c1/c(=C\C=C(/C)c2cccc(-c3cccc(N(c4ccccc4)c4cccc(-c5cccc(-c6ccc(OC7=CC=CCC=C7)c(C)c6)c5)c4)c3)c2)oc2ccccc12. The molecule has 0 radical (unpaired) electrons. The lowest BCUT2D eigenvalue weighted by Crippen LogP contribution is -2.17. The van der Waals surface area contributed by atoms with Gasteiger partial charge in [0.1, 0.15) is 22.5 Å². The van der Waals surface area contributed by atoms with Crippen LogP contribution in [-0.2, 0) is 0 Å². The van der Waals surface area contributed by atoms with Crippen molar-refractivity contribution >= 4 is 46.3 Å². The first-order valence-corrected chi connectivity index (χ1v) is 20.4. The van der Waals surface area contributed by atoms with Crippen molar-refractivity contribution < 1.29 is 9.15 Å². The minimum atomic E-state index is 0.780. The van der Waals surface area contributed by atoms with Crippen LogP contribution in [0.3, 0.4) is 0 Å². The molecule has 0 aliphatic heterocycles. The van der Waals surface area contributed by atoms with E-state index in [1.807, 2.05) is 48.6 Å². The van der Waals surface area contributed by atoms with Gasteiger partial charge in [-0.1, -0.05) is 134 Å². The Hall–Kier alpha value is -7.62. The van der Waals surface area contributed by atoms with Crippen molar-refractivity contribution in [1.29, 1.82) is 0 Å². The quantitative estimate of drug-likeness (QED) is 0.138. The average Bonchev–Trinajstić information content (AvgIpc) is 3.41. The van der Waals surface area contributed by atoms with Gasteiger partial charge < -0.3 is 14.1 Å². The fourth-order valence-electron chi connectivity index (χ4n) is 7.74. The van der Waals surface area contributed by atoms with E-state index in [1.54, 1.807) is 0 Å². The summed E-state index contributed by atoms with van der Waals surface area (Å²) < 4.78 is 12.3. The molecule has 7 aromatic carbocycles. The summed E-state index contributed by atoms with van der Waals surface area (Å²) in [6, 6.07) is 60.2. The Labute approximate surface area is 352 Å². The number of benzene rings is 7. The van der Waals surface area contributed by atoms with Crippen LogP contribution in [0.4, 0.5) is 17.1 Å². The van der Waals surface area contributed by atoms with Crippen LogP contribution in [0, 0.1) is 6.92 Å². The standard InChI is InChI=1S/C57H45NO2/c1-40(31-33-56-42(3)54-29-11-12-30-57(54)60-56)43-17-13-18-44(36-43)47-21-15-25-51(38-47)58(50-23-7-6-8-24-50)52-26-16-22-48(39-52)45-19-14-20-46(37-45)49-32-34-55(41(2)35-49)59-53-27-9-4-5-10-28-53/h4,6-39H,3,5H2,1-2H3/b40-31+,56-33+. The van der Waals surface area contributed by atoms with Crippen LogP contribution < -0.4 is 20.3 Å². The molecule has 0 spiro atoms. The molecular formula is C57H45NO2. The molecule has 0 atom stereocenters. The van der Waals surface area contributed by atoms with Crippen molar-refractivity contribution in [3.8, 4) is 39.1 Å². The fourth-order valence-corrected chi connectivity index (χ4v) is 7.74. The van der Waals surface area contributed by atoms with Crippen LogP contribution in [0.1, 0.15) is 24.5 Å². The Kier molecular flexibility index (Phi) is 10.8. The van der Waals surface area contributed by atoms with Crippen molar-refractivity contribution in [1.82, 2.24) is 0 Å². The van der Waals surface area contributed by atoms with Crippen molar-refractivity contribution in [2.24, 2.45) is 0 Å². The summed E-state index contributed by atoms with van der Waals surface area (Å²) in [7, 11) is 0. The number of hydrogen-bond acceptors (Lipinski definition) is 3. The first-order valence-electron chi connectivity index (χ1n) is 20.4. The number of rotatable bonds is 10. The molecule has 1 aromatic heterocycles. The molecule has 60 heavy (non-hydrogen) atoms. The molecule has 0 saturated heterocycles. The van der Waals surface area contributed by atoms with Gasteiger partial charge in [-0.25, -0.2) is 0 Å². The maximum absolute atomic E-state index is 6.25. The van der Waals surface area contributed by atoms with Crippen LogP contribution in [0.5, 0.6) is 5.75 Å². The van der Waals surface area contributed by atoms with Gasteiger partial charge in [-0.3, -0.25) is 0 Å². The van der Waals surface area contributed by atoms with Crippen LogP contribution in [0.15, 0.2) is 216 Å². The van der Waals surface area contributed by atoms with Crippen LogP contribution in [0.2, 0.25) is 0 Å². The third kappa shape index (κ3) is 8.20. The number of nitrogens with zero attached hydrogens (tertiary/aromatic N) is 1. The first-order chi connectivity index (χ1) is 29.5. The minimum absolute atomic E-state index is 0.780. The number of para-hydroxylation sites is 2. The van der Waals surface area contributed by atoms with Gasteiger partial charge in [0.15, 0.2) is 0 Å². The fraction of sp³-hybridized carbons (Fsp3) is 0.0526. The Bertz CT molecular complexity index is 3090. The third-order valence-electron chi connectivity index (χ3n) is 11.0. The van der Waals surface area contributed by atoms with Gasteiger partial charge in [-0.2, -0.15) is 0 Å². The summed E-state index contributed by atoms with van der Waals surface area (Å²) in [4.78, 5) is 2.33. The van der Waals surface area contributed by atoms with Crippen LogP contribution in [-0.4, -0.2) is 0 Å². The number of furan rings is 1. The van der Waals surface area contributed by atoms with E-state index in [9.17, 15) is 0 Å². The molecule has 1 heterocycles. The van der Waals surface area contributed by atoms with Crippen LogP contribution >= 0.6 is 0 Å². The second-order valence-corrected chi connectivity index (χ2v) is 15.1. The zero-order valence-electron chi connectivity index (χ0n) is 33.9. The molecule has 0 fully saturated rings. The van der Waals surface area contributed by atoms with Gasteiger partial charge in [0, 0.05) is 27.7 Å². The molecule has 0 unspecified atom stereocenters. The molecule has 0 saturated carbocycles. The van der Waals surface area contributed by atoms with Crippen molar-refractivity contribution in [2.75, 3.05) is 4.90 Å². The number of allylic oxidation sites excluding steroid dienone is 7. The highest BCUT2D eigenvalue weighted by molar-refractivity contribution is 5.84. The molecule has 1 aliphatic carbocycles. The van der Waals surface area contributed by atoms with E-state index < -0.39 is 0 Å². The second-order valence-electron chi connectivity index (χ2n) is 15.1. The topological polar surface area (TPSA) is 25.6 Å². The highest BCUT2D eigenvalue weighted by atomic mass is 16.5. The maximum Gasteiger partial charge on any atom is 0.135 e. The monoisotopic (exact) mass is 775 g/mol. The van der Waals surface area contributed by atoms with Crippen molar-refractivity contribution in [3.63, 3.8) is 0 Å². The van der Waals surface area contributed by atoms with E-state index in [4.69, 9.17) is 9.15 Å². The van der Waals surface area contributed by atoms with Gasteiger partial charge in [-0.05, 0) is 155 Å². The molecule has 0 N–H and O–H groups in total. The molecular weight excluding hydrogens is 731 g/mol. The van der Waals surface area contributed by atoms with E-state index in [1.165, 1.54) is 0 Å². The van der Waals surface area contributed by atoms with E-state index in [0.717, 1.165) is 107 Å². The van der Waals surface area contributed by atoms with Gasteiger partial charge >= 0.3 is 0 Å². The lowest BCUT2D eigenvalue weighted by atomic mass is 9.97. The van der Waals surface area contributed by atoms with Crippen molar-refractivity contribution in [2.45, 2.75) is 20.3 Å². The molecule has 0 bridgehead atoms. The Morgan fingerprint density at radius 1 is 0.617 bits per heavy atom. The Morgan fingerprint density at radius 2 is 1.23 bits per heavy atom. The average molecular weight is 776 g/mol. The summed E-state index contributed by atoms with van der Waals surface area (Å²) in [5.41, 5.74) is 15.1. The number of fused-ring (bicyclic) bond motifs is 1. The normalized spacial score (nSPS) is 13.0. The lowest BCUT2D eigenvalue weighted by molar-refractivity contribution is 0.441. The second kappa shape index (κ2) is 17.1. The molecule has 3 nitrogen and oxygen atoms in total. The smallest absolute Gasteiger partial charge is 0.135 e. The zero-order valence-corrected chi connectivity index (χ0v) is 33.9. The van der Waals surface area contributed by atoms with E-state index >= 15 is 0 Å². The zero-order chi connectivity index (χ0) is 40.8. The predicted octanol–water partition coefficient (Wildman–Crippen LogP) is 14.3. The highest BCUT2D eigenvalue weighted by Crippen LogP contribution is 2.39. The molecule has 3 heteroatoms. The number of ether oxygens (including phenoxy) is 1. The van der Waals surface area contributed by atoms with E-state index in [0.29, 0.717) is 0 Å². The predicted molar refractivity (Wildman–Crippen MR) is 253 cm³/mol. The van der Waals surface area contributed by atoms with E-state index in [2.05, 4.69) is 189 Å². The van der Waals surface area contributed by atoms with Crippen LogP contribution in [0.25, 0.3) is 62.6 Å². The minimum Gasteiger partial charge on any atom is -0.457 e. The summed E-state index contributed by atoms with van der Waals surface area (Å²) >= 11 is 0. The lowest BCUT2D eigenvalue weighted by Gasteiger charge is -2.26. The molecule has 0 amide bonds. The third-order valence-corrected chi connectivity index (χ3v) is 11.0. The summed E-state index contributed by atoms with van der Waals surface area (Å²) in [6.07, 6.45) is 15.4. The number of aryl methyl sites for hydroxylation is 1. The summed E-state index contributed by atoms with van der Waals surface area (Å²) in [6.45, 7) is 8.51. The summed E-state index contributed by atoms with van der Waals surface area (Å²) in [5, 5.41) is 1.95. The molecule has 1 aliphatic rings. The number of anilines is 3. The van der Waals surface area contributed by atoms with Crippen molar-refractivity contribution in [3.05, 3.63) is 234 Å². The molecule has 8 aromatic rings. The first kappa shape index (κ1) is 37.9. The maximum atomic E-state index is 6.25. The Balaban J connectivity index is 1.01. The summed E-state index contributed by atoms with van der Waals surface area (Å²) in [5.74, 6) is 1.70. The molecule has 9 rings (SSSR count). The Morgan fingerprint density at radius 3 is 1.95 bits per heavy atom. The van der Waals surface area contributed by atoms with E-state index in [-0.39, 0.29) is 0 Å². The highest BCUT2D eigenvalue weighted by Gasteiger charge is 2.15. The largest absolute Gasteiger partial charge is 0.457 e. The molecule has 290 valence electrons. The number of hydrogen-bond donors (Lipinski definition) is 0. The van der Waals surface area contributed by atoms with Gasteiger partial charge in [0.2, 0.25) is 0 Å². The van der Waals surface area contributed by atoms with Gasteiger partial charge in [0.05, 0.1) is 0 Å². The van der Waals surface area contributed by atoms with Gasteiger partial charge in [0.25, 0.3) is 0 Å². The van der Waals surface area contributed by atoms with Gasteiger partial charge in [-0.15, -0.1) is 0 Å².